The summed E-state index contributed by atoms with van der Waals surface area (Å²) in [5, 5.41) is 17.8. The summed E-state index contributed by atoms with van der Waals surface area (Å²) in [4.78, 5) is 10.6. The topological polar surface area (TPSA) is 66.8 Å². The van der Waals surface area contributed by atoms with Crippen LogP contribution >= 0.6 is 0 Å². The molecule has 4 nitrogen and oxygen atoms in total. The third-order valence-electron chi connectivity index (χ3n) is 2.14. The highest BCUT2D eigenvalue weighted by Gasteiger charge is 2.33. The molecule has 0 aliphatic carbocycles. The number of carboxylic acids is 1. The maximum Gasteiger partial charge on any atom is 0.494 e. The first-order chi connectivity index (χ1) is 6.61. The lowest BCUT2D eigenvalue weighted by Gasteiger charge is -2.03. The molecule has 2 N–H and O–H groups in total. The SMILES string of the molecule is O=C(O)c1ccc2c(c1F)B(O)OC2. The maximum absolute atomic E-state index is 13.5. The summed E-state index contributed by atoms with van der Waals surface area (Å²) >= 11 is 0. The highest BCUT2D eigenvalue weighted by Crippen LogP contribution is 2.15. The van der Waals surface area contributed by atoms with E-state index < -0.39 is 24.5 Å². The predicted molar refractivity (Wildman–Crippen MR) is 45.8 cm³/mol. The second-order valence-corrected chi connectivity index (χ2v) is 2.97. The van der Waals surface area contributed by atoms with Gasteiger partial charge in [-0.1, -0.05) is 6.07 Å². The molecule has 2 rings (SSSR count). The highest BCUT2D eigenvalue weighted by atomic mass is 19.1. The average molecular weight is 196 g/mol. The molecule has 0 saturated heterocycles. The minimum atomic E-state index is -1.36. The Kier molecular flexibility index (Phi) is 2.01. The minimum absolute atomic E-state index is 0.0649. The van der Waals surface area contributed by atoms with Gasteiger partial charge < -0.3 is 14.8 Å². The number of carbonyl (C=O) groups is 1. The van der Waals surface area contributed by atoms with E-state index in [0.717, 1.165) is 6.07 Å². The normalized spacial score (nSPS) is 14.3. The average Bonchev–Trinajstić information content (AvgIpc) is 2.48. The van der Waals surface area contributed by atoms with Crippen LogP contribution in [0.1, 0.15) is 15.9 Å². The number of rotatable bonds is 1. The van der Waals surface area contributed by atoms with E-state index in [0.29, 0.717) is 5.56 Å². The molecule has 0 bridgehead atoms. The summed E-state index contributed by atoms with van der Waals surface area (Å²) < 4.78 is 18.2. The van der Waals surface area contributed by atoms with E-state index in [1.54, 1.807) is 0 Å². The van der Waals surface area contributed by atoms with E-state index in [1.165, 1.54) is 6.07 Å². The van der Waals surface area contributed by atoms with Crippen LogP contribution in [0.5, 0.6) is 0 Å². The molecule has 0 fully saturated rings. The largest absolute Gasteiger partial charge is 0.494 e. The van der Waals surface area contributed by atoms with Gasteiger partial charge in [-0.25, -0.2) is 9.18 Å². The summed E-state index contributed by atoms with van der Waals surface area (Å²) in [5.41, 5.74) is -0.0294. The van der Waals surface area contributed by atoms with Crippen molar-refractivity contribution < 1.29 is 24.0 Å². The fraction of sp³-hybridized carbons (Fsp3) is 0.125. The van der Waals surface area contributed by atoms with Gasteiger partial charge in [-0.15, -0.1) is 0 Å². The fourth-order valence-electron chi connectivity index (χ4n) is 1.44. The van der Waals surface area contributed by atoms with E-state index in [1.807, 2.05) is 0 Å². The van der Waals surface area contributed by atoms with Crippen molar-refractivity contribution in [2.75, 3.05) is 0 Å². The first kappa shape index (κ1) is 9.17. The molecule has 0 atom stereocenters. The zero-order chi connectivity index (χ0) is 10.3. The standard InChI is InChI=1S/C8H6BFO4/c10-7-5(8(11)12)2-1-4-3-14-9(13)6(4)7/h1-2,13H,3H2,(H,11,12). The smallest absolute Gasteiger partial charge is 0.478 e. The molecule has 0 radical (unpaired) electrons. The van der Waals surface area contributed by atoms with E-state index in [9.17, 15) is 14.2 Å². The molecule has 6 heteroatoms. The summed E-state index contributed by atoms with van der Waals surface area (Å²) in [6.45, 7) is 0.104. The molecule has 0 unspecified atom stereocenters. The quantitative estimate of drug-likeness (QED) is 0.607. The Morgan fingerprint density at radius 1 is 1.57 bits per heavy atom. The summed E-state index contributed by atoms with van der Waals surface area (Å²) in [5.74, 6) is -2.27. The van der Waals surface area contributed by atoms with E-state index in [2.05, 4.69) is 0 Å². The Bertz CT molecular complexity index is 407. The summed E-state index contributed by atoms with van der Waals surface area (Å²) in [6.07, 6.45) is 0. The van der Waals surface area contributed by atoms with Gasteiger partial charge in [-0.2, -0.15) is 0 Å². The van der Waals surface area contributed by atoms with Crippen LogP contribution in [0.3, 0.4) is 0 Å². The molecule has 1 heterocycles. The van der Waals surface area contributed by atoms with Crippen molar-refractivity contribution in [3.63, 3.8) is 0 Å². The van der Waals surface area contributed by atoms with Crippen molar-refractivity contribution in [2.24, 2.45) is 0 Å². The maximum atomic E-state index is 13.5. The number of fused-ring (bicyclic) bond motifs is 1. The molecule has 0 saturated carbocycles. The van der Waals surface area contributed by atoms with E-state index >= 15 is 0 Å². The fourth-order valence-corrected chi connectivity index (χ4v) is 1.44. The van der Waals surface area contributed by atoms with Crippen LogP contribution in [-0.4, -0.2) is 23.2 Å². The van der Waals surface area contributed by atoms with Gasteiger partial charge in [0.05, 0.1) is 12.2 Å². The van der Waals surface area contributed by atoms with Crippen molar-refractivity contribution >= 4 is 18.6 Å². The van der Waals surface area contributed by atoms with Crippen LogP contribution in [0.15, 0.2) is 12.1 Å². The van der Waals surface area contributed by atoms with Gasteiger partial charge >= 0.3 is 13.1 Å². The molecule has 1 aliphatic heterocycles. The number of halogens is 1. The van der Waals surface area contributed by atoms with E-state index in [-0.39, 0.29) is 12.1 Å². The molecule has 0 amide bonds. The van der Waals surface area contributed by atoms with Gasteiger partial charge in [-0.3, -0.25) is 0 Å². The molecule has 1 aliphatic rings. The Labute approximate surface area is 79.1 Å². The minimum Gasteiger partial charge on any atom is -0.478 e. The van der Waals surface area contributed by atoms with Crippen molar-refractivity contribution in [1.82, 2.24) is 0 Å². The zero-order valence-corrected chi connectivity index (χ0v) is 7.03. The molecular weight excluding hydrogens is 190 g/mol. The van der Waals surface area contributed by atoms with Crippen molar-refractivity contribution in [1.29, 1.82) is 0 Å². The van der Waals surface area contributed by atoms with Gasteiger partial charge in [0.1, 0.15) is 5.82 Å². The molecule has 0 spiro atoms. The van der Waals surface area contributed by atoms with Gasteiger partial charge in [0.2, 0.25) is 0 Å². The molecule has 1 aromatic rings. The highest BCUT2D eigenvalue weighted by molar-refractivity contribution is 6.61. The van der Waals surface area contributed by atoms with Crippen molar-refractivity contribution in [3.8, 4) is 0 Å². The second kappa shape index (κ2) is 3.07. The van der Waals surface area contributed by atoms with Crippen LogP contribution in [-0.2, 0) is 11.3 Å². The molecule has 72 valence electrons. The zero-order valence-electron chi connectivity index (χ0n) is 7.03. The Morgan fingerprint density at radius 3 is 2.93 bits per heavy atom. The number of hydrogen-bond donors (Lipinski definition) is 2. The first-order valence-electron chi connectivity index (χ1n) is 3.95. The van der Waals surface area contributed by atoms with Crippen LogP contribution in [0.25, 0.3) is 0 Å². The van der Waals surface area contributed by atoms with Crippen molar-refractivity contribution in [2.45, 2.75) is 6.61 Å². The lowest BCUT2D eigenvalue weighted by molar-refractivity contribution is 0.0692. The Balaban J connectivity index is 2.61. The lowest BCUT2D eigenvalue weighted by atomic mass is 9.78. The third-order valence-corrected chi connectivity index (χ3v) is 2.14. The van der Waals surface area contributed by atoms with Crippen LogP contribution < -0.4 is 5.46 Å². The van der Waals surface area contributed by atoms with Crippen LogP contribution in [0.2, 0.25) is 0 Å². The Morgan fingerprint density at radius 2 is 2.29 bits per heavy atom. The molecule has 14 heavy (non-hydrogen) atoms. The van der Waals surface area contributed by atoms with Gasteiger partial charge in [-0.05, 0) is 11.6 Å². The molecule has 0 aromatic heterocycles. The monoisotopic (exact) mass is 196 g/mol. The summed E-state index contributed by atoms with van der Waals surface area (Å²) in [7, 11) is -1.36. The van der Waals surface area contributed by atoms with Crippen molar-refractivity contribution in [3.05, 3.63) is 29.1 Å². The second-order valence-electron chi connectivity index (χ2n) is 2.97. The van der Waals surface area contributed by atoms with Crippen LogP contribution in [0, 0.1) is 5.82 Å². The number of benzene rings is 1. The Hall–Kier alpha value is -1.40. The lowest BCUT2D eigenvalue weighted by Crippen LogP contribution is -2.32. The van der Waals surface area contributed by atoms with Gasteiger partial charge in [0.15, 0.2) is 0 Å². The summed E-state index contributed by atoms with van der Waals surface area (Å²) in [6, 6.07) is 2.61. The third kappa shape index (κ3) is 1.20. The number of aromatic carboxylic acids is 1. The number of hydrogen-bond acceptors (Lipinski definition) is 3. The molecular formula is C8H6BFO4. The predicted octanol–water partition coefficient (Wildman–Crippen LogP) is -0.258. The van der Waals surface area contributed by atoms with Crippen LogP contribution in [0.4, 0.5) is 4.39 Å². The van der Waals surface area contributed by atoms with Gasteiger partial charge in [0, 0.05) is 5.46 Å². The van der Waals surface area contributed by atoms with Gasteiger partial charge in [0.25, 0.3) is 0 Å². The molecule has 1 aromatic carbocycles. The number of carboxylic acid groups (broad SMARTS) is 1. The first-order valence-corrected chi connectivity index (χ1v) is 3.95. The van der Waals surface area contributed by atoms with E-state index in [4.69, 9.17) is 9.76 Å².